The van der Waals surface area contributed by atoms with Gasteiger partial charge in [0.15, 0.2) is 0 Å². The minimum absolute atomic E-state index is 0.0352. The minimum atomic E-state index is -4.84. The number of aliphatic carboxylic acids is 1. The topological polar surface area (TPSA) is 46.5 Å². The number of ether oxygens (including phenoxy) is 1. The Balaban J connectivity index is 1.93. The molecular weight excluding hydrogens is 340 g/mol. The van der Waals surface area contributed by atoms with Crippen molar-refractivity contribution in [1.29, 1.82) is 0 Å². The van der Waals surface area contributed by atoms with E-state index in [4.69, 9.17) is 9.84 Å². The monoisotopic (exact) mass is 352 g/mol. The van der Waals surface area contributed by atoms with E-state index in [0.717, 1.165) is 11.6 Å². The Morgan fingerprint density at radius 1 is 1.08 bits per heavy atom. The number of benzene rings is 2. The first-order valence-electron chi connectivity index (χ1n) is 7.29. The van der Waals surface area contributed by atoms with E-state index in [1.54, 1.807) is 18.2 Å². The van der Waals surface area contributed by atoms with Gasteiger partial charge in [-0.15, -0.1) is 0 Å². The fourth-order valence-corrected chi connectivity index (χ4v) is 2.60. The predicted octanol–water partition coefficient (Wildman–Crippen LogP) is 4.21. The average Bonchev–Trinajstić information content (AvgIpc) is 2.55. The molecule has 1 aliphatic heterocycles. The molecular formula is C18H12F4O3. The van der Waals surface area contributed by atoms with Crippen molar-refractivity contribution in [3.63, 3.8) is 0 Å². The van der Waals surface area contributed by atoms with Gasteiger partial charge in [0.2, 0.25) is 6.10 Å². The van der Waals surface area contributed by atoms with E-state index in [9.17, 15) is 22.4 Å². The largest absolute Gasteiger partial charge is 0.478 e. The second-order valence-corrected chi connectivity index (χ2v) is 5.62. The van der Waals surface area contributed by atoms with Gasteiger partial charge in [0, 0.05) is 5.56 Å². The molecule has 0 bridgehead atoms. The van der Waals surface area contributed by atoms with E-state index < -0.39 is 23.8 Å². The number of hydrogen-bond acceptors (Lipinski definition) is 2. The van der Waals surface area contributed by atoms with E-state index in [0.29, 0.717) is 12.0 Å². The van der Waals surface area contributed by atoms with Gasteiger partial charge in [-0.2, -0.15) is 13.2 Å². The van der Waals surface area contributed by atoms with Crippen LogP contribution in [0.3, 0.4) is 0 Å². The van der Waals surface area contributed by atoms with E-state index in [2.05, 4.69) is 0 Å². The Hall–Kier alpha value is -2.83. The van der Waals surface area contributed by atoms with Gasteiger partial charge in [0.1, 0.15) is 11.6 Å². The standard InChI is InChI=1S/C18H12F4O3/c19-13-5-2-10(3-6-13)7-11-1-4-12-9-14(17(23)24)16(18(20,21)22)25-15(12)8-11/h1-6,8-9,16H,7H2,(H,23,24). The third-order valence-corrected chi connectivity index (χ3v) is 3.78. The number of carboxylic acid groups (broad SMARTS) is 1. The predicted molar refractivity (Wildman–Crippen MR) is 81.7 cm³/mol. The molecule has 0 amide bonds. The van der Waals surface area contributed by atoms with Gasteiger partial charge < -0.3 is 9.84 Å². The van der Waals surface area contributed by atoms with Gasteiger partial charge >= 0.3 is 12.1 Å². The van der Waals surface area contributed by atoms with Gasteiger partial charge in [-0.1, -0.05) is 24.3 Å². The lowest BCUT2D eigenvalue weighted by atomic mass is 9.98. The summed E-state index contributed by atoms with van der Waals surface area (Å²) in [5, 5.41) is 8.99. The Bertz CT molecular complexity index is 838. The molecule has 7 heteroatoms. The number of carboxylic acids is 1. The van der Waals surface area contributed by atoms with Crippen LogP contribution in [0.4, 0.5) is 17.6 Å². The van der Waals surface area contributed by atoms with Crippen LogP contribution in [0.2, 0.25) is 0 Å². The highest BCUT2D eigenvalue weighted by Crippen LogP contribution is 2.37. The van der Waals surface area contributed by atoms with Crippen LogP contribution in [0.1, 0.15) is 16.7 Å². The quantitative estimate of drug-likeness (QED) is 0.842. The zero-order valence-corrected chi connectivity index (χ0v) is 12.7. The molecule has 0 saturated heterocycles. The molecule has 25 heavy (non-hydrogen) atoms. The van der Waals surface area contributed by atoms with Crippen molar-refractivity contribution >= 4 is 12.0 Å². The highest BCUT2D eigenvalue weighted by Gasteiger charge is 2.48. The van der Waals surface area contributed by atoms with Crippen molar-refractivity contribution in [3.8, 4) is 5.75 Å². The van der Waals surface area contributed by atoms with Crippen LogP contribution < -0.4 is 4.74 Å². The number of carbonyl (C=O) groups is 1. The van der Waals surface area contributed by atoms with E-state index >= 15 is 0 Å². The molecule has 0 saturated carbocycles. The van der Waals surface area contributed by atoms with Gasteiger partial charge in [-0.3, -0.25) is 0 Å². The summed E-state index contributed by atoms with van der Waals surface area (Å²) >= 11 is 0. The second-order valence-electron chi connectivity index (χ2n) is 5.62. The summed E-state index contributed by atoms with van der Waals surface area (Å²) in [4.78, 5) is 11.1. The van der Waals surface area contributed by atoms with Crippen LogP contribution in [-0.4, -0.2) is 23.4 Å². The minimum Gasteiger partial charge on any atom is -0.478 e. The molecule has 1 unspecified atom stereocenters. The molecule has 3 nitrogen and oxygen atoms in total. The van der Waals surface area contributed by atoms with Crippen LogP contribution in [0, 0.1) is 5.82 Å². The van der Waals surface area contributed by atoms with Gasteiger partial charge in [0.05, 0.1) is 5.57 Å². The lowest BCUT2D eigenvalue weighted by molar-refractivity contribution is -0.187. The Morgan fingerprint density at radius 3 is 2.32 bits per heavy atom. The Morgan fingerprint density at radius 2 is 1.72 bits per heavy atom. The highest BCUT2D eigenvalue weighted by atomic mass is 19.4. The molecule has 1 heterocycles. The number of rotatable bonds is 3. The number of halogens is 4. The zero-order valence-electron chi connectivity index (χ0n) is 12.7. The molecule has 3 rings (SSSR count). The molecule has 0 aromatic heterocycles. The average molecular weight is 352 g/mol. The summed E-state index contributed by atoms with van der Waals surface area (Å²) in [6.07, 6.45) is -6.00. The summed E-state index contributed by atoms with van der Waals surface area (Å²) in [5.74, 6) is -2.09. The van der Waals surface area contributed by atoms with Crippen LogP contribution in [-0.2, 0) is 11.2 Å². The smallest absolute Gasteiger partial charge is 0.430 e. The molecule has 0 radical (unpaired) electrons. The number of alkyl halides is 3. The number of hydrogen-bond donors (Lipinski definition) is 1. The third-order valence-electron chi connectivity index (χ3n) is 3.78. The first kappa shape index (κ1) is 17.0. The molecule has 1 N–H and O–H groups in total. The van der Waals surface area contributed by atoms with Gasteiger partial charge in [-0.25, -0.2) is 9.18 Å². The summed E-state index contributed by atoms with van der Waals surface area (Å²) < 4.78 is 57.1. The van der Waals surface area contributed by atoms with Gasteiger partial charge in [-0.05, 0) is 41.8 Å². The molecule has 0 aliphatic carbocycles. The number of fused-ring (bicyclic) bond motifs is 1. The van der Waals surface area contributed by atoms with Gasteiger partial charge in [0.25, 0.3) is 0 Å². The lowest BCUT2D eigenvalue weighted by Gasteiger charge is -2.27. The first-order chi connectivity index (χ1) is 11.7. The summed E-state index contributed by atoms with van der Waals surface area (Å²) in [7, 11) is 0. The SMILES string of the molecule is O=C(O)C1=Cc2ccc(Cc3ccc(F)cc3)cc2OC1C(F)(F)F. The maximum absolute atomic E-state index is 13.1. The molecule has 130 valence electrons. The van der Waals surface area contributed by atoms with Crippen molar-refractivity contribution in [2.75, 3.05) is 0 Å². The molecule has 2 aromatic rings. The highest BCUT2D eigenvalue weighted by molar-refractivity contribution is 5.95. The van der Waals surface area contributed by atoms with E-state index in [1.807, 2.05) is 0 Å². The van der Waals surface area contributed by atoms with Crippen molar-refractivity contribution in [1.82, 2.24) is 0 Å². The molecule has 1 atom stereocenters. The van der Waals surface area contributed by atoms with Crippen molar-refractivity contribution in [2.45, 2.75) is 18.7 Å². The maximum atomic E-state index is 13.1. The summed E-state index contributed by atoms with van der Waals surface area (Å²) in [5.41, 5.74) is 0.858. The van der Waals surface area contributed by atoms with Crippen molar-refractivity contribution < 1.29 is 32.2 Å². The summed E-state index contributed by atoms with van der Waals surface area (Å²) in [6, 6.07) is 10.4. The first-order valence-corrected chi connectivity index (χ1v) is 7.29. The molecule has 0 fully saturated rings. The maximum Gasteiger partial charge on any atom is 0.430 e. The Labute approximate surface area is 140 Å². The molecule has 2 aromatic carbocycles. The van der Waals surface area contributed by atoms with E-state index in [1.165, 1.54) is 24.3 Å². The second kappa shape index (κ2) is 6.23. The fraction of sp³-hybridized carbons (Fsp3) is 0.167. The van der Waals surface area contributed by atoms with E-state index in [-0.39, 0.29) is 17.1 Å². The zero-order chi connectivity index (χ0) is 18.2. The van der Waals surface area contributed by atoms with Crippen molar-refractivity contribution in [3.05, 3.63) is 70.5 Å². The molecule has 1 aliphatic rings. The van der Waals surface area contributed by atoms with Crippen molar-refractivity contribution in [2.24, 2.45) is 0 Å². The van der Waals surface area contributed by atoms with Crippen LogP contribution >= 0.6 is 0 Å². The van der Waals surface area contributed by atoms with Crippen LogP contribution in [0.15, 0.2) is 48.0 Å². The van der Waals surface area contributed by atoms with Crippen LogP contribution in [0.5, 0.6) is 5.75 Å². The molecule has 0 spiro atoms. The fourth-order valence-electron chi connectivity index (χ4n) is 2.60. The Kier molecular flexibility index (Phi) is 4.24. The summed E-state index contributed by atoms with van der Waals surface area (Å²) in [6.45, 7) is 0. The lowest BCUT2D eigenvalue weighted by Crippen LogP contribution is -2.40. The van der Waals surface area contributed by atoms with Crippen LogP contribution in [0.25, 0.3) is 6.08 Å². The normalized spacial score (nSPS) is 16.6. The third kappa shape index (κ3) is 3.65.